The summed E-state index contributed by atoms with van der Waals surface area (Å²) in [6, 6.07) is 9.64. The van der Waals surface area contributed by atoms with E-state index in [2.05, 4.69) is 26.3 Å². The number of nitrogens with one attached hydrogen (secondary N) is 1. The Kier molecular flexibility index (Phi) is 5.31. The lowest BCUT2D eigenvalue weighted by Crippen LogP contribution is -2.36. The minimum Gasteiger partial charge on any atom is -0.478 e. The number of benzene rings is 1. The van der Waals surface area contributed by atoms with Crippen LogP contribution in [0.4, 0.5) is 17.2 Å². The maximum absolute atomic E-state index is 9.65. The predicted octanol–water partition coefficient (Wildman–Crippen LogP) is 2.45. The molecule has 1 aromatic heterocycles. The van der Waals surface area contributed by atoms with Crippen LogP contribution in [0.25, 0.3) is 0 Å². The molecule has 0 aliphatic carbocycles. The van der Waals surface area contributed by atoms with Crippen LogP contribution in [-0.2, 0) is 0 Å². The Morgan fingerprint density at radius 1 is 1.32 bits per heavy atom. The molecule has 7 nitrogen and oxygen atoms in total. The summed E-state index contributed by atoms with van der Waals surface area (Å²) in [5.41, 5.74) is 2.27. The highest BCUT2D eigenvalue weighted by Gasteiger charge is 2.19. The van der Waals surface area contributed by atoms with E-state index in [1.165, 1.54) is 6.33 Å². The average molecular weight is 339 g/mol. The lowest BCUT2D eigenvalue weighted by molar-refractivity contribution is 0.145. The van der Waals surface area contributed by atoms with Gasteiger partial charge < -0.3 is 20.1 Å². The number of ether oxygens (including phenoxy) is 1. The van der Waals surface area contributed by atoms with E-state index in [-0.39, 0.29) is 6.10 Å². The molecule has 0 spiro atoms. The zero-order chi connectivity index (χ0) is 17.6. The third-order valence-corrected chi connectivity index (χ3v) is 4.13. The molecule has 0 atom stereocenters. The molecule has 0 saturated carbocycles. The van der Waals surface area contributed by atoms with Crippen molar-refractivity contribution in [2.45, 2.75) is 25.9 Å². The number of aliphatic hydroxyl groups is 1. The van der Waals surface area contributed by atoms with E-state index in [9.17, 15) is 10.4 Å². The molecule has 2 N–H and O–H groups in total. The van der Waals surface area contributed by atoms with Crippen molar-refractivity contribution >= 4 is 17.2 Å². The van der Waals surface area contributed by atoms with Crippen LogP contribution in [0.2, 0.25) is 0 Å². The third-order valence-electron chi connectivity index (χ3n) is 4.13. The van der Waals surface area contributed by atoms with Gasteiger partial charge in [0, 0.05) is 24.8 Å². The van der Waals surface area contributed by atoms with Crippen LogP contribution in [0.15, 0.2) is 30.6 Å². The number of rotatable bonds is 5. The summed E-state index contributed by atoms with van der Waals surface area (Å²) in [5.74, 6) is 1.11. The highest BCUT2D eigenvalue weighted by atomic mass is 16.5. The summed E-state index contributed by atoms with van der Waals surface area (Å²) in [5, 5.41) is 22.3. The largest absolute Gasteiger partial charge is 0.478 e. The van der Waals surface area contributed by atoms with Gasteiger partial charge in [0.15, 0.2) is 0 Å². The van der Waals surface area contributed by atoms with Crippen LogP contribution in [-0.4, -0.2) is 40.9 Å². The Hall–Kier alpha value is -2.85. The average Bonchev–Trinajstić information content (AvgIpc) is 2.63. The number of hydrogen-bond acceptors (Lipinski definition) is 7. The van der Waals surface area contributed by atoms with Crippen molar-refractivity contribution in [3.8, 4) is 11.9 Å². The number of nitrogens with zero attached hydrogens (tertiary/aromatic N) is 4. The first-order valence-corrected chi connectivity index (χ1v) is 8.38. The van der Waals surface area contributed by atoms with Gasteiger partial charge in [-0.3, -0.25) is 0 Å². The number of hydrogen-bond donors (Lipinski definition) is 2. The van der Waals surface area contributed by atoms with Crippen molar-refractivity contribution in [1.82, 2.24) is 9.97 Å². The quantitative estimate of drug-likeness (QED) is 0.864. The molecule has 0 radical (unpaired) electrons. The molecule has 1 saturated heterocycles. The van der Waals surface area contributed by atoms with E-state index < -0.39 is 0 Å². The zero-order valence-corrected chi connectivity index (χ0v) is 14.1. The summed E-state index contributed by atoms with van der Waals surface area (Å²) in [6.07, 6.45) is 2.66. The molecular formula is C18H21N5O2. The van der Waals surface area contributed by atoms with Gasteiger partial charge in [0.05, 0.1) is 24.0 Å². The molecule has 1 aliphatic rings. The lowest BCUT2D eigenvalue weighted by Gasteiger charge is -2.32. The van der Waals surface area contributed by atoms with Gasteiger partial charge in [-0.15, -0.1) is 0 Å². The minimum absolute atomic E-state index is 0.236. The standard InChI is InChI=1S/C18H21N5O2/c1-2-25-18-10-17(20-12-21-18)22-14-3-4-16(13(9-14)11-19)23-7-5-15(24)6-8-23/h3-4,9-10,12,15,24H,2,5-8H2,1H3,(H,20,21,22). The number of nitriles is 1. The Bertz CT molecular complexity index is 766. The van der Waals surface area contributed by atoms with E-state index in [1.807, 2.05) is 25.1 Å². The van der Waals surface area contributed by atoms with Gasteiger partial charge >= 0.3 is 0 Å². The molecular weight excluding hydrogens is 318 g/mol. The highest BCUT2D eigenvalue weighted by Crippen LogP contribution is 2.28. The monoisotopic (exact) mass is 339 g/mol. The normalized spacial score (nSPS) is 14.8. The fourth-order valence-electron chi connectivity index (χ4n) is 2.87. The highest BCUT2D eigenvalue weighted by molar-refractivity contribution is 5.68. The third kappa shape index (κ3) is 4.17. The zero-order valence-electron chi connectivity index (χ0n) is 14.1. The van der Waals surface area contributed by atoms with Crippen molar-refractivity contribution in [2.24, 2.45) is 0 Å². The smallest absolute Gasteiger partial charge is 0.218 e. The van der Waals surface area contributed by atoms with E-state index in [4.69, 9.17) is 4.74 Å². The number of aliphatic hydroxyl groups excluding tert-OH is 1. The van der Waals surface area contributed by atoms with E-state index in [0.717, 1.165) is 37.3 Å². The summed E-state index contributed by atoms with van der Waals surface area (Å²) in [6.45, 7) is 3.94. The fourth-order valence-corrected chi connectivity index (χ4v) is 2.87. The molecule has 1 aromatic carbocycles. The molecule has 25 heavy (non-hydrogen) atoms. The molecule has 130 valence electrons. The summed E-state index contributed by atoms with van der Waals surface area (Å²) < 4.78 is 5.37. The van der Waals surface area contributed by atoms with Crippen LogP contribution in [0, 0.1) is 11.3 Å². The predicted molar refractivity (Wildman–Crippen MR) is 95.1 cm³/mol. The van der Waals surface area contributed by atoms with Crippen LogP contribution >= 0.6 is 0 Å². The van der Waals surface area contributed by atoms with Crippen LogP contribution in [0.3, 0.4) is 0 Å². The number of piperidine rings is 1. The van der Waals surface area contributed by atoms with Gasteiger partial charge in [0.1, 0.15) is 18.2 Å². The van der Waals surface area contributed by atoms with Crippen LogP contribution in [0.1, 0.15) is 25.3 Å². The Labute approximate surface area is 146 Å². The van der Waals surface area contributed by atoms with Crippen molar-refractivity contribution in [1.29, 1.82) is 5.26 Å². The van der Waals surface area contributed by atoms with Crippen molar-refractivity contribution in [2.75, 3.05) is 29.9 Å². The SMILES string of the molecule is CCOc1cc(Nc2ccc(N3CCC(O)CC3)c(C#N)c2)ncn1. The summed E-state index contributed by atoms with van der Waals surface area (Å²) in [7, 11) is 0. The molecule has 1 fully saturated rings. The Morgan fingerprint density at radius 3 is 2.84 bits per heavy atom. The first-order valence-electron chi connectivity index (χ1n) is 8.38. The summed E-state index contributed by atoms with van der Waals surface area (Å²) in [4.78, 5) is 10.3. The van der Waals surface area contributed by atoms with Gasteiger partial charge in [-0.25, -0.2) is 9.97 Å². The molecule has 0 unspecified atom stereocenters. The minimum atomic E-state index is -0.236. The van der Waals surface area contributed by atoms with Crippen molar-refractivity contribution in [3.63, 3.8) is 0 Å². The van der Waals surface area contributed by atoms with Gasteiger partial charge in [0.25, 0.3) is 0 Å². The molecule has 7 heteroatoms. The fraction of sp³-hybridized carbons (Fsp3) is 0.389. The van der Waals surface area contributed by atoms with Gasteiger partial charge in [-0.05, 0) is 38.0 Å². The maximum atomic E-state index is 9.65. The second-order valence-electron chi connectivity index (χ2n) is 5.86. The molecule has 0 bridgehead atoms. The second kappa shape index (κ2) is 7.81. The maximum Gasteiger partial charge on any atom is 0.218 e. The van der Waals surface area contributed by atoms with Crippen LogP contribution in [0.5, 0.6) is 5.88 Å². The van der Waals surface area contributed by atoms with Gasteiger partial charge in [-0.2, -0.15) is 5.26 Å². The number of anilines is 3. The Balaban J connectivity index is 1.77. The van der Waals surface area contributed by atoms with Crippen molar-refractivity contribution < 1.29 is 9.84 Å². The molecule has 0 amide bonds. The molecule has 1 aliphatic heterocycles. The second-order valence-corrected chi connectivity index (χ2v) is 5.86. The van der Waals surface area contributed by atoms with E-state index in [1.54, 1.807) is 6.07 Å². The number of aromatic nitrogens is 2. The van der Waals surface area contributed by atoms with E-state index >= 15 is 0 Å². The van der Waals surface area contributed by atoms with E-state index in [0.29, 0.717) is 23.9 Å². The van der Waals surface area contributed by atoms with Gasteiger partial charge in [0.2, 0.25) is 5.88 Å². The summed E-state index contributed by atoms with van der Waals surface area (Å²) >= 11 is 0. The first kappa shape index (κ1) is 17.0. The first-order chi connectivity index (χ1) is 12.2. The Morgan fingerprint density at radius 2 is 2.12 bits per heavy atom. The lowest BCUT2D eigenvalue weighted by atomic mass is 10.0. The molecule has 3 rings (SSSR count). The van der Waals surface area contributed by atoms with Crippen molar-refractivity contribution in [3.05, 3.63) is 36.2 Å². The topological polar surface area (TPSA) is 94.3 Å². The van der Waals surface area contributed by atoms with Crippen LogP contribution < -0.4 is 15.0 Å². The molecule has 2 aromatic rings. The molecule has 2 heterocycles. The van der Waals surface area contributed by atoms with Gasteiger partial charge in [-0.1, -0.05) is 0 Å².